The maximum absolute atomic E-state index is 10.7. The normalized spacial score (nSPS) is 9.11. The Hall–Kier alpha value is -3.75. The van der Waals surface area contributed by atoms with Crippen LogP contribution in [0.15, 0.2) is 82.0 Å². The Labute approximate surface area is 154 Å². The Bertz CT molecular complexity index is 851. The van der Waals surface area contributed by atoms with Crippen molar-refractivity contribution < 1.29 is 35.7 Å². The third-order valence-electron chi connectivity index (χ3n) is 2.85. The first kappa shape index (κ1) is 21.3. The third-order valence-corrected chi connectivity index (χ3v) is 2.85. The molecule has 0 saturated heterocycles. The number of carboxylic acid groups (broad SMARTS) is 2. The molecule has 0 fully saturated rings. The summed E-state index contributed by atoms with van der Waals surface area (Å²) in [6.45, 7) is 0. The van der Waals surface area contributed by atoms with Crippen molar-refractivity contribution in [1.82, 2.24) is 0 Å². The Morgan fingerprint density at radius 1 is 0.704 bits per heavy atom. The van der Waals surface area contributed by atoms with E-state index in [9.17, 15) is 24.6 Å². The van der Waals surface area contributed by atoms with Crippen LogP contribution in [0.4, 0.5) is 11.4 Å². The van der Waals surface area contributed by atoms with E-state index in [1.54, 1.807) is 0 Å². The standard InChI is InChI=1S/C7H4O6.2C6H7N/c8-3-1-4(6(9)10)13-5(2-3)7(11)12;2*7-6-4-2-1-3-5-6/h1-2H,(H,9,10)(H,11,12);2*1-5H,7H2. The Morgan fingerprint density at radius 3 is 1.26 bits per heavy atom. The van der Waals surface area contributed by atoms with Crippen LogP contribution in [0.2, 0.25) is 0 Å². The van der Waals surface area contributed by atoms with Crippen LogP contribution >= 0.6 is 0 Å². The van der Waals surface area contributed by atoms with Crippen molar-refractivity contribution in [3.05, 3.63) is 94.5 Å². The molecule has 3 rings (SSSR count). The zero-order valence-corrected chi connectivity index (χ0v) is 14.3. The molecular weight excluding hydrogens is 352 g/mol. The number of hydrogen-bond donors (Lipinski definition) is 2. The van der Waals surface area contributed by atoms with Gasteiger partial charge in [-0.2, -0.15) is 0 Å². The second kappa shape index (κ2) is 11.0. The Kier molecular flexibility index (Phi) is 8.66. The molecule has 0 radical (unpaired) electrons. The number of quaternary nitrogens is 2. The SMILES string of the molecule is O=C([O-])c1cc(=O)cc(C(=O)[O-])o1.[NH3+]c1ccccc1.[NH3+]c1ccccc1. The molecule has 3 aromatic rings. The van der Waals surface area contributed by atoms with E-state index in [2.05, 4.69) is 15.9 Å². The molecule has 0 saturated carbocycles. The van der Waals surface area contributed by atoms with Crippen LogP contribution in [0.25, 0.3) is 0 Å². The number of carboxylic acids is 2. The highest BCUT2D eigenvalue weighted by Crippen LogP contribution is 1.99. The summed E-state index contributed by atoms with van der Waals surface area (Å²) < 4.78 is 4.26. The minimum atomic E-state index is -1.76. The van der Waals surface area contributed by atoms with Crippen LogP contribution in [0.3, 0.4) is 0 Å². The van der Waals surface area contributed by atoms with Crippen molar-refractivity contribution in [1.29, 1.82) is 0 Å². The molecule has 0 atom stereocenters. The van der Waals surface area contributed by atoms with Gasteiger partial charge in [-0.1, -0.05) is 36.4 Å². The van der Waals surface area contributed by atoms with E-state index < -0.39 is 28.9 Å². The number of benzene rings is 2. The molecule has 1 heterocycles. The molecule has 2 aromatic carbocycles. The van der Waals surface area contributed by atoms with Gasteiger partial charge in [-0.3, -0.25) is 4.79 Å². The summed E-state index contributed by atoms with van der Waals surface area (Å²) in [7, 11) is 0. The van der Waals surface area contributed by atoms with Crippen LogP contribution in [-0.2, 0) is 0 Å². The second-order valence-corrected chi connectivity index (χ2v) is 5.07. The maximum Gasteiger partial charge on any atom is 0.186 e. The van der Waals surface area contributed by atoms with Gasteiger partial charge in [0.25, 0.3) is 0 Å². The van der Waals surface area contributed by atoms with Crippen molar-refractivity contribution in [3.63, 3.8) is 0 Å². The fraction of sp³-hybridized carbons (Fsp3) is 0. The van der Waals surface area contributed by atoms with Gasteiger partial charge in [0, 0.05) is 12.1 Å². The molecule has 140 valence electrons. The van der Waals surface area contributed by atoms with E-state index in [4.69, 9.17) is 0 Å². The summed E-state index contributed by atoms with van der Waals surface area (Å²) in [6.07, 6.45) is 0. The average molecular weight is 370 g/mol. The predicted octanol–water partition coefficient (Wildman–Crippen LogP) is -1.51. The fourth-order valence-corrected chi connectivity index (χ4v) is 1.63. The zero-order valence-electron chi connectivity index (χ0n) is 14.3. The summed E-state index contributed by atoms with van der Waals surface area (Å²) in [4.78, 5) is 31.0. The van der Waals surface area contributed by atoms with E-state index in [-0.39, 0.29) is 0 Å². The van der Waals surface area contributed by atoms with E-state index in [0.717, 1.165) is 11.4 Å². The summed E-state index contributed by atoms with van der Waals surface area (Å²) in [5, 5.41) is 20.3. The highest BCUT2D eigenvalue weighted by atomic mass is 16.4. The van der Waals surface area contributed by atoms with Crippen molar-refractivity contribution >= 4 is 23.3 Å². The zero-order chi connectivity index (χ0) is 20.2. The summed E-state index contributed by atoms with van der Waals surface area (Å²) >= 11 is 0. The monoisotopic (exact) mass is 370 g/mol. The largest absolute Gasteiger partial charge is 0.542 e. The van der Waals surface area contributed by atoms with Gasteiger partial charge in [0.1, 0.15) is 23.3 Å². The van der Waals surface area contributed by atoms with Crippen molar-refractivity contribution in [2.24, 2.45) is 0 Å². The molecule has 8 heteroatoms. The van der Waals surface area contributed by atoms with Gasteiger partial charge in [0.2, 0.25) is 0 Å². The van der Waals surface area contributed by atoms with Crippen LogP contribution in [0.1, 0.15) is 21.1 Å². The molecule has 6 N–H and O–H groups in total. The van der Waals surface area contributed by atoms with Gasteiger partial charge in [-0.05, 0) is 24.3 Å². The van der Waals surface area contributed by atoms with E-state index >= 15 is 0 Å². The topological polar surface area (TPSA) is 166 Å². The Balaban J connectivity index is 0.000000220. The predicted molar refractivity (Wildman–Crippen MR) is 91.6 cm³/mol. The van der Waals surface area contributed by atoms with Gasteiger partial charge in [-0.15, -0.1) is 0 Å². The van der Waals surface area contributed by atoms with Crippen LogP contribution < -0.4 is 27.1 Å². The summed E-state index contributed by atoms with van der Waals surface area (Å²) in [5.74, 6) is -5.21. The lowest BCUT2D eigenvalue weighted by Gasteiger charge is -2.04. The van der Waals surface area contributed by atoms with E-state index in [1.807, 2.05) is 60.7 Å². The maximum atomic E-state index is 10.7. The average Bonchev–Trinajstić information content (AvgIpc) is 2.63. The molecule has 0 aliphatic rings. The van der Waals surface area contributed by atoms with Crippen molar-refractivity contribution in [3.8, 4) is 0 Å². The summed E-state index contributed by atoms with van der Waals surface area (Å²) in [5.41, 5.74) is 8.78. The van der Waals surface area contributed by atoms with Gasteiger partial charge < -0.3 is 35.7 Å². The highest BCUT2D eigenvalue weighted by Gasteiger charge is 2.03. The molecule has 1 aromatic heterocycles. The minimum absolute atomic E-state index is 0.613. The molecule has 0 amide bonds. The quantitative estimate of drug-likeness (QED) is 0.556. The van der Waals surface area contributed by atoms with E-state index in [0.29, 0.717) is 12.1 Å². The van der Waals surface area contributed by atoms with Crippen LogP contribution in [0.5, 0.6) is 0 Å². The lowest BCUT2D eigenvalue weighted by atomic mass is 10.3. The Morgan fingerprint density at radius 2 is 1.04 bits per heavy atom. The van der Waals surface area contributed by atoms with Gasteiger partial charge in [-0.25, -0.2) is 0 Å². The van der Waals surface area contributed by atoms with Crippen molar-refractivity contribution in [2.45, 2.75) is 0 Å². The molecule has 0 aliphatic carbocycles. The number of hydrogen-bond acceptors (Lipinski definition) is 6. The van der Waals surface area contributed by atoms with Gasteiger partial charge >= 0.3 is 0 Å². The third kappa shape index (κ3) is 8.77. The number of carbonyl (C=O) groups excluding carboxylic acids is 2. The molecule has 0 unspecified atom stereocenters. The molecule has 0 aliphatic heterocycles. The molecule has 0 spiro atoms. The number of aromatic carboxylic acids is 2. The van der Waals surface area contributed by atoms with Gasteiger partial charge in [0.05, 0.1) is 0 Å². The molecule has 8 nitrogen and oxygen atoms in total. The smallest absolute Gasteiger partial charge is 0.186 e. The fourth-order valence-electron chi connectivity index (χ4n) is 1.63. The number of carbonyl (C=O) groups is 2. The van der Waals surface area contributed by atoms with Crippen molar-refractivity contribution in [2.75, 3.05) is 0 Å². The van der Waals surface area contributed by atoms with Crippen LogP contribution in [0, 0.1) is 0 Å². The highest BCUT2D eigenvalue weighted by molar-refractivity contribution is 5.85. The lowest BCUT2D eigenvalue weighted by Crippen LogP contribution is -2.39. The number of rotatable bonds is 2. The first-order valence-electron chi connectivity index (χ1n) is 7.61. The lowest BCUT2D eigenvalue weighted by molar-refractivity contribution is -0.259. The first-order chi connectivity index (χ1) is 12.8. The van der Waals surface area contributed by atoms with Crippen LogP contribution in [-0.4, -0.2) is 11.9 Å². The molecule has 27 heavy (non-hydrogen) atoms. The molecule has 0 bridgehead atoms. The summed E-state index contributed by atoms with van der Waals surface area (Å²) in [6, 6.07) is 21.0. The second-order valence-electron chi connectivity index (χ2n) is 5.07. The minimum Gasteiger partial charge on any atom is -0.542 e. The molecular formula is C19H18N2O6. The van der Waals surface area contributed by atoms with E-state index in [1.165, 1.54) is 0 Å². The first-order valence-corrected chi connectivity index (χ1v) is 7.61. The van der Waals surface area contributed by atoms with Gasteiger partial charge in [0.15, 0.2) is 16.9 Å².